The van der Waals surface area contributed by atoms with E-state index in [1.54, 1.807) is 24.4 Å². The van der Waals surface area contributed by atoms with Crippen LogP contribution in [0.2, 0.25) is 0 Å². The second-order valence-corrected chi connectivity index (χ2v) is 7.11. The number of aromatic nitrogens is 2. The molecule has 2 aromatic heterocycles. The number of fused-ring (bicyclic) bond motifs is 4. The predicted octanol–water partition coefficient (Wildman–Crippen LogP) is 3.16. The van der Waals surface area contributed by atoms with Gasteiger partial charge in [-0.25, -0.2) is 9.98 Å². The van der Waals surface area contributed by atoms with Crippen LogP contribution in [0.25, 0.3) is 27.3 Å². The highest BCUT2D eigenvalue weighted by molar-refractivity contribution is 6.09. The van der Waals surface area contributed by atoms with Gasteiger partial charge in [0.25, 0.3) is 11.5 Å². The molecule has 0 spiro atoms. The Morgan fingerprint density at radius 3 is 2.64 bits per heavy atom. The maximum atomic E-state index is 13.0. The number of amides is 1. The van der Waals surface area contributed by atoms with Crippen LogP contribution in [0.4, 0.5) is 0 Å². The maximum Gasteiger partial charge on any atom is 0.280 e. The van der Waals surface area contributed by atoms with Crippen LogP contribution < -0.4 is 5.56 Å². The zero-order valence-corrected chi connectivity index (χ0v) is 16.0. The molecule has 4 rings (SSSR count). The van der Waals surface area contributed by atoms with Gasteiger partial charge in [0, 0.05) is 23.8 Å². The van der Waals surface area contributed by atoms with Crippen LogP contribution in [0, 0.1) is 0 Å². The minimum Gasteiger partial charge on any atom is -0.304 e. The lowest BCUT2D eigenvalue weighted by atomic mass is 10.1. The van der Waals surface area contributed by atoms with Crippen molar-refractivity contribution < 1.29 is 4.79 Å². The normalized spacial score (nSPS) is 12.4. The molecule has 0 bridgehead atoms. The number of pyridine rings is 1. The topological polar surface area (TPSA) is 67.0 Å². The van der Waals surface area contributed by atoms with Crippen molar-refractivity contribution in [3.05, 3.63) is 70.6 Å². The van der Waals surface area contributed by atoms with Gasteiger partial charge >= 0.3 is 0 Å². The van der Waals surface area contributed by atoms with E-state index in [9.17, 15) is 9.59 Å². The third-order valence-electron chi connectivity index (χ3n) is 4.60. The Hall–Kier alpha value is -3.38. The molecule has 140 valence electrons. The van der Waals surface area contributed by atoms with Gasteiger partial charge in [0.2, 0.25) is 0 Å². The summed E-state index contributed by atoms with van der Waals surface area (Å²) in [5.41, 5.74) is 1.73. The number of carbonyl (C=O) groups excluding carboxylic acids is 1. The summed E-state index contributed by atoms with van der Waals surface area (Å²) in [6.45, 7) is 2.39. The molecule has 0 fully saturated rings. The van der Waals surface area contributed by atoms with Crippen molar-refractivity contribution in [2.24, 2.45) is 4.99 Å². The monoisotopic (exact) mass is 372 g/mol. The van der Waals surface area contributed by atoms with Gasteiger partial charge in [0.1, 0.15) is 0 Å². The van der Waals surface area contributed by atoms with Gasteiger partial charge in [-0.05, 0) is 44.6 Å². The van der Waals surface area contributed by atoms with Crippen molar-refractivity contribution in [1.82, 2.24) is 14.3 Å². The van der Waals surface area contributed by atoms with Gasteiger partial charge in [-0.3, -0.25) is 14.0 Å². The summed E-state index contributed by atoms with van der Waals surface area (Å²) in [6, 6.07) is 14.8. The molecule has 0 saturated heterocycles. The molecule has 2 aromatic carbocycles. The van der Waals surface area contributed by atoms with E-state index in [2.05, 4.69) is 4.99 Å². The first kappa shape index (κ1) is 18.0. The van der Waals surface area contributed by atoms with Crippen LogP contribution in [0.15, 0.2) is 64.5 Å². The Labute approximate surface area is 161 Å². The van der Waals surface area contributed by atoms with Gasteiger partial charge in [0.05, 0.1) is 16.5 Å². The Kier molecular flexibility index (Phi) is 4.49. The highest BCUT2D eigenvalue weighted by Crippen LogP contribution is 2.23. The zero-order valence-electron chi connectivity index (χ0n) is 16.0. The quantitative estimate of drug-likeness (QED) is 0.315. The minimum atomic E-state index is -0.399. The summed E-state index contributed by atoms with van der Waals surface area (Å²) in [5.74, 6) is -0.399. The first-order chi connectivity index (χ1) is 13.5. The Morgan fingerprint density at radius 2 is 1.86 bits per heavy atom. The lowest BCUT2D eigenvalue weighted by Crippen LogP contribution is -2.21. The van der Waals surface area contributed by atoms with Crippen molar-refractivity contribution in [2.45, 2.75) is 6.92 Å². The molecular weight excluding hydrogens is 352 g/mol. The van der Waals surface area contributed by atoms with E-state index in [0.29, 0.717) is 34.4 Å². The molecule has 0 aliphatic rings. The highest BCUT2D eigenvalue weighted by Gasteiger charge is 2.15. The average molecular weight is 372 g/mol. The SMILES string of the molecule is C/C(CN(C)C)=N\C(=O)c1cccn2c(=O)c3ccc4ccccc4c3nc12. The third-order valence-corrected chi connectivity index (χ3v) is 4.60. The molecule has 6 nitrogen and oxygen atoms in total. The van der Waals surface area contributed by atoms with Crippen LogP contribution in [0.3, 0.4) is 0 Å². The summed E-state index contributed by atoms with van der Waals surface area (Å²) in [7, 11) is 3.83. The number of hydrogen-bond donors (Lipinski definition) is 0. The summed E-state index contributed by atoms with van der Waals surface area (Å²) in [5, 5.41) is 2.40. The van der Waals surface area contributed by atoms with Gasteiger partial charge < -0.3 is 4.90 Å². The Balaban J connectivity index is 2.00. The minimum absolute atomic E-state index is 0.200. The smallest absolute Gasteiger partial charge is 0.280 e. The molecule has 6 heteroatoms. The Morgan fingerprint density at radius 1 is 1.07 bits per heavy atom. The molecule has 4 aromatic rings. The molecule has 0 aliphatic heterocycles. The molecule has 0 aliphatic carbocycles. The summed E-state index contributed by atoms with van der Waals surface area (Å²) < 4.78 is 1.42. The molecule has 28 heavy (non-hydrogen) atoms. The van der Waals surface area contributed by atoms with Crippen molar-refractivity contribution >= 4 is 38.9 Å². The number of hydrogen-bond acceptors (Lipinski definition) is 4. The van der Waals surface area contributed by atoms with Crippen LogP contribution in [0.5, 0.6) is 0 Å². The van der Waals surface area contributed by atoms with E-state index < -0.39 is 5.91 Å². The van der Waals surface area contributed by atoms with Gasteiger partial charge in [-0.2, -0.15) is 0 Å². The van der Waals surface area contributed by atoms with Crippen LogP contribution in [-0.2, 0) is 0 Å². The third kappa shape index (κ3) is 3.08. The lowest BCUT2D eigenvalue weighted by molar-refractivity contribution is 0.100. The molecule has 2 heterocycles. The molecule has 0 unspecified atom stereocenters. The zero-order chi connectivity index (χ0) is 19.8. The first-order valence-corrected chi connectivity index (χ1v) is 9.02. The maximum absolute atomic E-state index is 13.0. The molecule has 0 saturated carbocycles. The van der Waals surface area contributed by atoms with Crippen LogP contribution in [0.1, 0.15) is 17.3 Å². The number of carbonyl (C=O) groups is 1. The van der Waals surface area contributed by atoms with E-state index >= 15 is 0 Å². The predicted molar refractivity (Wildman–Crippen MR) is 112 cm³/mol. The van der Waals surface area contributed by atoms with Crippen molar-refractivity contribution in [1.29, 1.82) is 0 Å². The van der Waals surface area contributed by atoms with Gasteiger partial charge in [-0.1, -0.05) is 30.3 Å². The second kappa shape index (κ2) is 6.98. The van der Waals surface area contributed by atoms with Crippen LogP contribution >= 0.6 is 0 Å². The molecule has 1 amide bonds. The highest BCUT2D eigenvalue weighted by atomic mass is 16.1. The largest absolute Gasteiger partial charge is 0.304 e. The molecular formula is C22H20N4O2. The number of benzene rings is 2. The number of rotatable bonds is 3. The Bertz CT molecular complexity index is 1320. The summed E-state index contributed by atoms with van der Waals surface area (Å²) in [4.78, 5) is 36.7. The standard InChI is InChI=1S/C22H20N4O2/c1-14(13-25(2)3)23-21(27)18-9-6-12-26-20(18)24-19-16-8-5-4-7-15(16)10-11-17(19)22(26)28/h4-12H,13H2,1-3H3/b23-14+. The average Bonchev–Trinajstić information content (AvgIpc) is 2.67. The van der Waals surface area contributed by atoms with Gasteiger partial charge in [0.15, 0.2) is 5.65 Å². The second-order valence-electron chi connectivity index (χ2n) is 7.11. The van der Waals surface area contributed by atoms with E-state index in [-0.39, 0.29) is 5.56 Å². The number of nitrogens with zero attached hydrogens (tertiary/aromatic N) is 4. The molecule has 0 atom stereocenters. The van der Waals surface area contributed by atoms with E-state index in [4.69, 9.17) is 4.98 Å². The number of aliphatic imine (C=N–C) groups is 1. The fraction of sp³-hybridized carbons (Fsp3) is 0.182. The van der Waals surface area contributed by atoms with Gasteiger partial charge in [-0.15, -0.1) is 0 Å². The molecule has 0 radical (unpaired) electrons. The van der Waals surface area contributed by atoms with Crippen molar-refractivity contribution in [3.63, 3.8) is 0 Å². The summed E-state index contributed by atoms with van der Waals surface area (Å²) in [6.07, 6.45) is 1.63. The lowest BCUT2D eigenvalue weighted by Gasteiger charge is -2.10. The van der Waals surface area contributed by atoms with E-state index in [1.807, 2.05) is 56.3 Å². The molecule has 0 N–H and O–H groups in total. The van der Waals surface area contributed by atoms with Crippen molar-refractivity contribution in [2.75, 3.05) is 20.6 Å². The van der Waals surface area contributed by atoms with E-state index in [0.717, 1.165) is 10.8 Å². The van der Waals surface area contributed by atoms with Crippen molar-refractivity contribution in [3.8, 4) is 0 Å². The van der Waals surface area contributed by atoms with E-state index in [1.165, 1.54) is 4.40 Å². The fourth-order valence-electron chi connectivity index (χ4n) is 3.46. The van der Waals surface area contributed by atoms with Crippen LogP contribution in [-0.4, -0.2) is 46.5 Å². The fourth-order valence-corrected chi connectivity index (χ4v) is 3.46. The first-order valence-electron chi connectivity index (χ1n) is 9.02. The summed E-state index contributed by atoms with van der Waals surface area (Å²) >= 11 is 0.